The topological polar surface area (TPSA) is 51.2 Å². The molecule has 2 aromatic rings. The Morgan fingerprint density at radius 1 is 1.23 bits per heavy atom. The Morgan fingerprint density at radius 2 is 1.95 bits per heavy atom. The first-order valence-electron chi connectivity index (χ1n) is 6.30. The third-order valence-corrected chi connectivity index (χ3v) is 2.91. The van der Waals surface area contributed by atoms with Gasteiger partial charge < -0.3 is 10.1 Å². The molecule has 22 heavy (non-hydrogen) atoms. The summed E-state index contributed by atoms with van der Waals surface area (Å²) in [6, 6.07) is 7.20. The van der Waals surface area contributed by atoms with Crippen molar-refractivity contribution in [3.8, 4) is 0 Å². The number of benzene rings is 1. The number of nitrogens with one attached hydrogen (secondary N) is 1. The number of carbonyl (C=O) groups excluding carboxylic acids is 1. The van der Waals surface area contributed by atoms with Crippen molar-refractivity contribution in [2.75, 3.05) is 12.4 Å². The van der Waals surface area contributed by atoms with Gasteiger partial charge in [-0.15, -0.1) is 0 Å². The molecule has 2 rings (SSSR count). The molecule has 0 aliphatic carbocycles. The van der Waals surface area contributed by atoms with Gasteiger partial charge in [-0.3, -0.25) is 4.98 Å². The minimum Gasteiger partial charge on any atom is -0.465 e. The van der Waals surface area contributed by atoms with Gasteiger partial charge in [-0.1, -0.05) is 11.6 Å². The van der Waals surface area contributed by atoms with E-state index in [2.05, 4.69) is 15.0 Å². The van der Waals surface area contributed by atoms with Crippen molar-refractivity contribution >= 4 is 17.3 Å². The number of aromatic nitrogens is 1. The molecule has 4 nitrogen and oxygen atoms in total. The van der Waals surface area contributed by atoms with Crippen LogP contribution in [-0.4, -0.2) is 18.1 Å². The fraction of sp³-hybridized carbons (Fsp3) is 0.200. The van der Waals surface area contributed by atoms with E-state index in [1.807, 2.05) is 0 Å². The van der Waals surface area contributed by atoms with Gasteiger partial charge in [-0.2, -0.15) is 13.2 Å². The smallest absolute Gasteiger partial charge is 0.433 e. The number of carbonyl (C=O) groups is 1. The number of alkyl halides is 3. The molecular weight excluding hydrogens is 297 g/mol. The van der Waals surface area contributed by atoms with Gasteiger partial charge in [0.05, 0.1) is 18.4 Å². The number of halogens is 3. The molecule has 0 amide bonds. The fourth-order valence-electron chi connectivity index (χ4n) is 1.86. The van der Waals surface area contributed by atoms with Crippen LogP contribution in [0.1, 0.15) is 21.6 Å². The van der Waals surface area contributed by atoms with Crippen LogP contribution in [0.3, 0.4) is 0 Å². The average molecular weight is 310 g/mol. The van der Waals surface area contributed by atoms with Crippen molar-refractivity contribution < 1.29 is 22.7 Å². The molecule has 0 saturated carbocycles. The highest BCUT2D eigenvalue weighted by molar-refractivity contribution is 5.96. The van der Waals surface area contributed by atoms with Crippen molar-refractivity contribution in [3.05, 3.63) is 53.3 Å². The molecule has 1 aromatic heterocycles. The molecular formula is C15H13F3N2O2. The summed E-state index contributed by atoms with van der Waals surface area (Å²) >= 11 is 0. The Labute approximate surface area is 124 Å². The van der Waals surface area contributed by atoms with Gasteiger partial charge in [0.1, 0.15) is 5.69 Å². The first-order valence-corrected chi connectivity index (χ1v) is 6.30. The lowest BCUT2D eigenvalue weighted by Gasteiger charge is -2.13. The van der Waals surface area contributed by atoms with Gasteiger partial charge in [0.25, 0.3) is 0 Å². The second-order valence-corrected chi connectivity index (χ2v) is 4.59. The Morgan fingerprint density at radius 3 is 2.59 bits per heavy atom. The Bertz CT molecular complexity index is 699. The quantitative estimate of drug-likeness (QED) is 0.873. The second kappa shape index (κ2) is 6.05. The minimum absolute atomic E-state index is 0.177. The maximum absolute atomic E-state index is 12.7. The van der Waals surface area contributed by atoms with Crippen LogP contribution in [0.2, 0.25) is 0 Å². The van der Waals surface area contributed by atoms with Crippen molar-refractivity contribution in [1.29, 1.82) is 0 Å². The highest BCUT2D eigenvalue weighted by atomic mass is 19.4. The van der Waals surface area contributed by atoms with Crippen LogP contribution in [0, 0.1) is 6.92 Å². The van der Waals surface area contributed by atoms with Crippen LogP contribution in [-0.2, 0) is 10.9 Å². The summed E-state index contributed by atoms with van der Waals surface area (Å²) in [7, 11) is 1.24. The summed E-state index contributed by atoms with van der Waals surface area (Å²) in [5.74, 6) is -0.573. The number of rotatable bonds is 3. The first-order chi connectivity index (χ1) is 10.3. The molecule has 0 radical (unpaired) electrons. The first kappa shape index (κ1) is 15.8. The number of pyridine rings is 1. The molecule has 1 aromatic carbocycles. The predicted molar refractivity (Wildman–Crippen MR) is 75.0 cm³/mol. The molecule has 0 aliphatic rings. The number of anilines is 2. The lowest BCUT2D eigenvalue weighted by Crippen LogP contribution is -2.09. The molecule has 1 heterocycles. The Kier molecular flexibility index (Phi) is 4.35. The minimum atomic E-state index is -4.53. The van der Waals surface area contributed by atoms with E-state index >= 15 is 0 Å². The largest absolute Gasteiger partial charge is 0.465 e. The van der Waals surface area contributed by atoms with E-state index in [0.29, 0.717) is 5.69 Å². The number of hydrogen-bond acceptors (Lipinski definition) is 4. The van der Waals surface area contributed by atoms with Crippen molar-refractivity contribution in [2.45, 2.75) is 13.1 Å². The molecule has 116 valence electrons. The molecule has 0 atom stereocenters. The zero-order valence-electron chi connectivity index (χ0n) is 11.9. The maximum Gasteiger partial charge on any atom is 0.433 e. The molecule has 1 N–H and O–H groups in total. The Hall–Kier alpha value is -2.57. The predicted octanol–water partition coefficient (Wildman–Crippen LogP) is 3.94. The lowest BCUT2D eigenvalue weighted by molar-refractivity contribution is -0.141. The third kappa shape index (κ3) is 3.55. The standard InChI is InChI=1S/C15H13F3N2O2/c1-9-3-4-12(11(7-9)14(21)22-2)20-10-5-6-19-13(8-10)15(16,17)18/h3-8H,1-2H3,(H,19,20). The van der Waals surface area contributed by atoms with E-state index in [1.54, 1.807) is 25.1 Å². The summed E-state index contributed by atoms with van der Waals surface area (Å²) in [6.07, 6.45) is -3.48. The van der Waals surface area contributed by atoms with Crippen molar-refractivity contribution in [3.63, 3.8) is 0 Å². The summed E-state index contributed by atoms with van der Waals surface area (Å²) in [4.78, 5) is 15.0. The summed E-state index contributed by atoms with van der Waals surface area (Å²) in [5, 5.41) is 2.79. The number of ether oxygens (including phenoxy) is 1. The maximum atomic E-state index is 12.7. The summed E-state index contributed by atoms with van der Waals surface area (Å²) in [6.45, 7) is 1.80. The second-order valence-electron chi connectivity index (χ2n) is 4.59. The van der Waals surface area contributed by atoms with Gasteiger partial charge in [0.2, 0.25) is 0 Å². The van der Waals surface area contributed by atoms with Gasteiger partial charge >= 0.3 is 12.1 Å². The van der Waals surface area contributed by atoms with Crippen LogP contribution < -0.4 is 5.32 Å². The number of methoxy groups -OCH3 is 1. The van der Waals surface area contributed by atoms with E-state index in [4.69, 9.17) is 0 Å². The lowest BCUT2D eigenvalue weighted by atomic mass is 10.1. The van der Waals surface area contributed by atoms with Crippen LogP contribution in [0.5, 0.6) is 0 Å². The van der Waals surface area contributed by atoms with Crippen molar-refractivity contribution in [2.24, 2.45) is 0 Å². The number of hydrogen-bond donors (Lipinski definition) is 1. The third-order valence-electron chi connectivity index (χ3n) is 2.91. The van der Waals surface area contributed by atoms with Crippen LogP contribution in [0.15, 0.2) is 36.5 Å². The van der Waals surface area contributed by atoms with E-state index in [1.165, 1.54) is 13.2 Å². The van der Waals surface area contributed by atoms with Crippen LogP contribution in [0.4, 0.5) is 24.5 Å². The van der Waals surface area contributed by atoms with Crippen molar-refractivity contribution in [1.82, 2.24) is 4.98 Å². The molecule has 0 spiro atoms. The average Bonchev–Trinajstić information content (AvgIpc) is 2.47. The molecule has 0 bridgehead atoms. The fourth-order valence-corrected chi connectivity index (χ4v) is 1.86. The Balaban J connectivity index is 2.37. The van der Waals surface area contributed by atoms with Gasteiger partial charge in [0, 0.05) is 11.9 Å². The molecule has 0 unspecified atom stereocenters. The normalized spacial score (nSPS) is 11.1. The van der Waals surface area contributed by atoms with Gasteiger partial charge in [-0.25, -0.2) is 4.79 Å². The number of aryl methyl sites for hydroxylation is 1. The van der Waals surface area contributed by atoms with E-state index in [0.717, 1.165) is 17.8 Å². The highest BCUT2D eigenvalue weighted by Gasteiger charge is 2.32. The molecule has 0 fully saturated rings. The number of nitrogens with zero attached hydrogens (tertiary/aromatic N) is 1. The van der Waals surface area contributed by atoms with E-state index in [-0.39, 0.29) is 11.3 Å². The highest BCUT2D eigenvalue weighted by Crippen LogP contribution is 2.30. The molecule has 0 saturated heterocycles. The molecule has 0 aliphatic heterocycles. The zero-order valence-corrected chi connectivity index (χ0v) is 11.9. The van der Waals surface area contributed by atoms with Gasteiger partial charge in [0.15, 0.2) is 0 Å². The van der Waals surface area contributed by atoms with Crippen LogP contribution in [0.25, 0.3) is 0 Å². The monoisotopic (exact) mass is 310 g/mol. The van der Waals surface area contributed by atoms with Crippen LogP contribution >= 0.6 is 0 Å². The SMILES string of the molecule is COC(=O)c1cc(C)ccc1Nc1ccnc(C(F)(F)F)c1. The molecule has 7 heteroatoms. The van der Waals surface area contributed by atoms with E-state index in [9.17, 15) is 18.0 Å². The zero-order chi connectivity index (χ0) is 16.3. The summed E-state index contributed by atoms with van der Waals surface area (Å²) < 4.78 is 42.6. The van der Waals surface area contributed by atoms with Gasteiger partial charge in [-0.05, 0) is 31.2 Å². The number of esters is 1. The summed E-state index contributed by atoms with van der Waals surface area (Å²) in [5.41, 5.74) is 0.599. The van der Waals surface area contributed by atoms with E-state index < -0.39 is 17.8 Å².